The molecule has 7 heteroatoms. The van der Waals surface area contributed by atoms with E-state index in [0.717, 1.165) is 15.8 Å². The van der Waals surface area contributed by atoms with E-state index in [-0.39, 0.29) is 11.7 Å². The lowest BCUT2D eigenvalue weighted by Gasteiger charge is -2.08. The minimum absolute atomic E-state index is 0.0905. The molecule has 2 rings (SSSR count). The first-order valence-corrected chi connectivity index (χ1v) is 8.51. The van der Waals surface area contributed by atoms with Crippen LogP contribution in [0.15, 0.2) is 53.0 Å². The summed E-state index contributed by atoms with van der Waals surface area (Å²) >= 11 is 3.35. The smallest absolute Gasteiger partial charge is 0.387 e. The van der Waals surface area contributed by atoms with Gasteiger partial charge in [0.2, 0.25) is 5.91 Å². The number of carbonyl (C=O) groups excluding carboxylic acids is 1. The highest BCUT2D eigenvalue weighted by molar-refractivity contribution is 9.10. The normalized spacial score (nSPS) is 10.6. The monoisotopic (exact) mass is 413 g/mol. The number of nitrogens with one attached hydrogen (secondary N) is 1. The minimum atomic E-state index is -2.84. The van der Waals surface area contributed by atoms with Crippen molar-refractivity contribution in [3.63, 3.8) is 0 Å². The number of halogens is 3. The van der Waals surface area contributed by atoms with Crippen LogP contribution in [0, 0.1) is 0 Å². The van der Waals surface area contributed by atoms with Crippen molar-refractivity contribution >= 4 is 21.8 Å². The van der Waals surface area contributed by atoms with Gasteiger partial charge in [-0.05, 0) is 48.4 Å². The van der Waals surface area contributed by atoms with Crippen LogP contribution in [0.5, 0.6) is 11.5 Å². The molecule has 2 aromatic rings. The van der Waals surface area contributed by atoms with Crippen molar-refractivity contribution in [2.75, 3.05) is 6.61 Å². The highest BCUT2D eigenvalue weighted by Gasteiger charge is 2.05. The van der Waals surface area contributed by atoms with Gasteiger partial charge in [-0.15, -0.1) is 0 Å². The summed E-state index contributed by atoms with van der Waals surface area (Å²) in [5.41, 5.74) is 0.807. The van der Waals surface area contributed by atoms with Gasteiger partial charge in [-0.1, -0.05) is 28.1 Å². The third-order valence-electron chi connectivity index (χ3n) is 3.27. The molecular weight excluding hydrogens is 396 g/mol. The maximum absolute atomic E-state index is 12.1. The van der Waals surface area contributed by atoms with Gasteiger partial charge in [-0.25, -0.2) is 0 Å². The van der Waals surface area contributed by atoms with E-state index in [2.05, 4.69) is 26.0 Å². The molecule has 0 fully saturated rings. The van der Waals surface area contributed by atoms with Crippen molar-refractivity contribution < 1.29 is 23.0 Å². The molecule has 0 saturated heterocycles. The second-order valence-electron chi connectivity index (χ2n) is 5.21. The molecular formula is C18H18BrF2NO3. The number of alkyl halides is 2. The number of benzene rings is 2. The molecule has 25 heavy (non-hydrogen) atoms. The van der Waals surface area contributed by atoms with E-state index < -0.39 is 6.61 Å². The van der Waals surface area contributed by atoms with Crippen LogP contribution in [0.4, 0.5) is 8.78 Å². The number of hydrogen-bond donors (Lipinski definition) is 1. The van der Waals surface area contributed by atoms with Crippen LogP contribution in [0.3, 0.4) is 0 Å². The van der Waals surface area contributed by atoms with E-state index in [1.807, 2.05) is 24.3 Å². The molecule has 0 aliphatic carbocycles. The fourth-order valence-electron chi connectivity index (χ4n) is 2.03. The van der Waals surface area contributed by atoms with Gasteiger partial charge in [-0.2, -0.15) is 8.78 Å². The Balaban J connectivity index is 1.62. The zero-order valence-electron chi connectivity index (χ0n) is 13.4. The third kappa shape index (κ3) is 7.51. The van der Waals surface area contributed by atoms with E-state index in [9.17, 15) is 13.6 Å². The second-order valence-corrected chi connectivity index (χ2v) is 6.12. The number of rotatable bonds is 9. The van der Waals surface area contributed by atoms with Crippen molar-refractivity contribution in [3.8, 4) is 11.5 Å². The maximum atomic E-state index is 12.1. The summed E-state index contributed by atoms with van der Waals surface area (Å²) in [7, 11) is 0. The van der Waals surface area contributed by atoms with E-state index in [1.54, 1.807) is 12.1 Å². The maximum Gasteiger partial charge on any atom is 0.387 e. The molecule has 0 atom stereocenters. The Bertz CT molecular complexity index is 663. The van der Waals surface area contributed by atoms with E-state index in [0.29, 0.717) is 26.0 Å². The lowest BCUT2D eigenvalue weighted by atomic mass is 10.2. The first kappa shape index (κ1) is 19.2. The van der Waals surface area contributed by atoms with E-state index >= 15 is 0 Å². The molecule has 0 spiro atoms. The number of amides is 1. The average Bonchev–Trinajstić information content (AvgIpc) is 2.59. The van der Waals surface area contributed by atoms with Crippen LogP contribution in [0.2, 0.25) is 0 Å². The summed E-state index contributed by atoms with van der Waals surface area (Å²) in [6.07, 6.45) is 0.951. The summed E-state index contributed by atoms with van der Waals surface area (Å²) < 4.78 is 34.9. The minimum Gasteiger partial charge on any atom is -0.494 e. The third-order valence-corrected chi connectivity index (χ3v) is 3.80. The molecule has 4 nitrogen and oxygen atoms in total. The molecule has 1 amide bonds. The van der Waals surface area contributed by atoms with Gasteiger partial charge in [0.05, 0.1) is 6.61 Å². The van der Waals surface area contributed by atoms with Crippen LogP contribution in [0.25, 0.3) is 0 Å². The van der Waals surface area contributed by atoms with Gasteiger partial charge < -0.3 is 14.8 Å². The summed E-state index contributed by atoms with van der Waals surface area (Å²) in [6.45, 7) is -2.05. The second kappa shape index (κ2) is 9.98. The molecule has 0 saturated carbocycles. The highest BCUT2D eigenvalue weighted by atomic mass is 79.9. The predicted octanol–water partition coefficient (Wildman–Crippen LogP) is 4.53. The molecule has 0 unspecified atom stereocenters. The van der Waals surface area contributed by atoms with Crippen LogP contribution in [0.1, 0.15) is 18.4 Å². The largest absolute Gasteiger partial charge is 0.494 e. The summed E-state index contributed by atoms with van der Waals surface area (Å²) in [4.78, 5) is 11.8. The molecule has 134 valence electrons. The first-order chi connectivity index (χ1) is 12.0. The van der Waals surface area contributed by atoms with Crippen LogP contribution in [-0.4, -0.2) is 19.1 Å². The zero-order chi connectivity index (χ0) is 18.1. The standard InChI is InChI=1S/C18H18BrF2NO3/c19-14-5-9-15(10-6-14)24-11-1-2-17(23)22-12-13-3-7-16(8-4-13)25-18(20)21/h3-10,18H,1-2,11-12H2,(H,22,23). The summed E-state index contributed by atoms with van der Waals surface area (Å²) in [6, 6.07) is 13.6. The van der Waals surface area contributed by atoms with Crippen molar-refractivity contribution in [1.82, 2.24) is 5.32 Å². The Labute approximate surface area is 153 Å². The molecule has 0 heterocycles. The Hall–Kier alpha value is -2.15. The molecule has 0 radical (unpaired) electrons. The van der Waals surface area contributed by atoms with Crippen molar-refractivity contribution in [1.29, 1.82) is 0 Å². The van der Waals surface area contributed by atoms with Gasteiger partial charge in [0.1, 0.15) is 11.5 Å². The van der Waals surface area contributed by atoms with E-state index in [1.165, 1.54) is 12.1 Å². The van der Waals surface area contributed by atoms with Gasteiger partial charge in [0.25, 0.3) is 0 Å². The van der Waals surface area contributed by atoms with Crippen molar-refractivity contribution in [2.45, 2.75) is 26.0 Å². The quantitative estimate of drug-likeness (QED) is 0.614. The van der Waals surface area contributed by atoms with Gasteiger partial charge in [-0.3, -0.25) is 4.79 Å². The van der Waals surface area contributed by atoms with Gasteiger partial charge >= 0.3 is 6.61 Å². The lowest BCUT2D eigenvalue weighted by Crippen LogP contribution is -2.22. The number of carbonyl (C=O) groups is 1. The Morgan fingerprint density at radius 3 is 2.32 bits per heavy atom. The topological polar surface area (TPSA) is 47.6 Å². The number of ether oxygens (including phenoxy) is 2. The summed E-state index contributed by atoms with van der Waals surface area (Å²) in [5, 5.41) is 2.78. The highest BCUT2D eigenvalue weighted by Crippen LogP contribution is 2.16. The molecule has 0 aromatic heterocycles. The Morgan fingerprint density at radius 1 is 1.04 bits per heavy atom. The van der Waals surface area contributed by atoms with Gasteiger partial charge in [0.15, 0.2) is 0 Å². The zero-order valence-corrected chi connectivity index (χ0v) is 15.0. The Kier molecular flexibility index (Phi) is 7.66. The van der Waals surface area contributed by atoms with Gasteiger partial charge in [0, 0.05) is 17.4 Å². The fourth-order valence-corrected chi connectivity index (χ4v) is 2.30. The van der Waals surface area contributed by atoms with E-state index in [4.69, 9.17) is 4.74 Å². The first-order valence-electron chi connectivity index (χ1n) is 7.72. The lowest BCUT2D eigenvalue weighted by molar-refractivity contribution is -0.121. The fraction of sp³-hybridized carbons (Fsp3) is 0.278. The van der Waals surface area contributed by atoms with Crippen LogP contribution < -0.4 is 14.8 Å². The molecule has 2 aromatic carbocycles. The molecule has 1 N–H and O–H groups in total. The predicted molar refractivity (Wildman–Crippen MR) is 93.8 cm³/mol. The van der Waals surface area contributed by atoms with Crippen molar-refractivity contribution in [3.05, 3.63) is 58.6 Å². The number of hydrogen-bond acceptors (Lipinski definition) is 3. The molecule has 0 bridgehead atoms. The SMILES string of the molecule is O=C(CCCOc1ccc(Br)cc1)NCc1ccc(OC(F)F)cc1. The Morgan fingerprint density at radius 2 is 1.68 bits per heavy atom. The molecule has 0 aliphatic rings. The van der Waals surface area contributed by atoms with Crippen molar-refractivity contribution in [2.24, 2.45) is 0 Å². The van der Waals surface area contributed by atoms with Crippen LogP contribution in [-0.2, 0) is 11.3 Å². The average molecular weight is 414 g/mol. The van der Waals surface area contributed by atoms with Crippen LogP contribution >= 0.6 is 15.9 Å². The summed E-state index contributed by atoms with van der Waals surface area (Å²) in [5.74, 6) is 0.761. The molecule has 0 aliphatic heterocycles.